The van der Waals surface area contributed by atoms with Crippen molar-refractivity contribution in [2.75, 3.05) is 98.6 Å². The minimum Gasteiger partial charge on any atom is -0.372 e. The van der Waals surface area contributed by atoms with E-state index in [1.165, 1.54) is 18.2 Å². The van der Waals surface area contributed by atoms with E-state index in [4.69, 9.17) is 6.57 Å². The molecule has 65 heavy (non-hydrogen) atoms. The molecule has 15 nitrogen and oxygen atoms in total. The Bertz CT molecular complexity index is 2400. The van der Waals surface area contributed by atoms with Crippen LogP contribution in [-0.2, 0) is 20.6 Å². The predicted molar refractivity (Wildman–Crippen MR) is 232 cm³/mol. The lowest BCUT2D eigenvalue weighted by atomic mass is 9.95. The van der Waals surface area contributed by atoms with Gasteiger partial charge in [-0.3, -0.25) is 34.2 Å². The Labute approximate surface area is 373 Å². The molecule has 7 heterocycles. The maximum atomic E-state index is 15.3. The van der Waals surface area contributed by atoms with Gasteiger partial charge in [-0.25, -0.2) is 14.2 Å². The number of piperazine rings is 1. The van der Waals surface area contributed by atoms with Crippen LogP contribution in [0.1, 0.15) is 64.8 Å². The first kappa shape index (κ1) is 44.1. The van der Waals surface area contributed by atoms with E-state index in [-0.39, 0.29) is 41.5 Å². The Hall–Kier alpha value is -6.13. The van der Waals surface area contributed by atoms with Crippen LogP contribution in [0.5, 0.6) is 0 Å². The van der Waals surface area contributed by atoms with E-state index < -0.39 is 52.9 Å². The molecule has 1 unspecified atom stereocenters. The Balaban J connectivity index is 0.670. The van der Waals surface area contributed by atoms with Crippen LogP contribution in [0.3, 0.4) is 0 Å². The zero-order chi connectivity index (χ0) is 45.6. The van der Waals surface area contributed by atoms with Gasteiger partial charge in [-0.2, -0.15) is 13.2 Å². The first-order chi connectivity index (χ1) is 31.2. The fourth-order valence-corrected chi connectivity index (χ4v) is 10.2. The number of amides is 5. The second kappa shape index (κ2) is 18.0. The quantitative estimate of drug-likeness (QED) is 0.161. The first-order valence-electron chi connectivity index (χ1n) is 22.3. The van der Waals surface area contributed by atoms with Crippen LogP contribution in [0.15, 0.2) is 48.7 Å². The van der Waals surface area contributed by atoms with E-state index >= 15 is 4.39 Å². The Morgan fingerprint density at radius 2 is 1.38 bits per heavy atom. The van der Waals surface area contributed by atoms with Crippen molar-refractivity contribution < 1.29 is 41.5 Å². The molecule has 6 aliphatic heterocycles. The molecule has 6 aliphatic rings. The number of anilines is 4. The molecule has 9 rings (SSSR count). The van der Waals surface area contributed by atoms with Crippen LogP contribution < -0.4 is 25.3 Å². The van der Waals surface area contributed by atoms with Crippen LogP contribution in [0.4, 0.5) is 46.1 Å². The highest BCUT2D eigenvalue weighted by Crippen LogP contribution is 2.40. The van der Waals surface area contributed by atoms with Crippen LogP contribution in [0.25, 0.3) is 4.85 Å². The molecule has 2 N–H and O–H groups in total. The molecular formula is C46H50F4N10O5. The normalized spacial score (nSPS) is 21.9. The molecule has 0 spiro atoms. The molecule has 5 saturated heterocycles. The van der Waals surface area contributed by atoms with Crippen molar-refractivity contribution in [3.8, 4) is 0 Å². The fraction of sp³-hybridized carbons (Fsp3) is 0.500. The minimum absolute atomic E-state index is 0.0133. The second-order valence-corrected chi connectivity index (χ2v) is 18.1. The molecule has 0 aliphatic carbocycles. The van der Waals surface area contributed by atoms with Gasteiger partial charge in [-0.05, 0) is 74.4 Å². The number of rotatable bonds is 10. The third-order valence-corrected chi connectivity index (χ3v) is 13.9. The van der Waals surface area contributed by atoms with Crippen molar-refractivity contribution in [3.63, 3.8) is 0 Å². The van der Waals surface area contributed by atoms with E-state index in [0.29, 0.717) is 62.4 Å². The number of nitrogens with zero attached hydrogens (tertiary/aromatic N) is 8. The summed E-state index contributed by atoms with van der Waals surface area (Å²) in [6.07, 6.45) is 0.302. The zero-order valence-corrected chi connectivity index (χ0v) is 35.8. The van der Waals surface area contributed by atoms with Gasteiger partial charge in [0, 0.05) is 102 Å². The maximum Gasteiger partial charge on any atom is 0.407 e. The SMILES string of the molecule is [C-]#[N+]c1ccc(N2CCC(C(=O)Nc3ccc(N4CCC(CN5CCN(CC6CN(c7cc8c(cc7F)C(=O)N(C7CCC(=O)NC7=O)C8=O)C6)CC5)CC4)cn3)CC2)cc1C(F)(F)F. The smallest absolute Gasteiger partial charge is 0.372 e. The number of benzene rings is 2. The van der Waals surface area contributed by atoms with Crippen molar-refractivity contribution in [1.29, 1.82) is 0 Å². The Morgan fingerprint density at radius 1 is 0.769 bits per heavy atom. The van der Waals surface area contributed by atoms with Gasteiger partial charge in [-0.1, -0.05) is 6.07 Å². The summed E-state index contributed by atoms with van der Waals surface area (Å²) >= 11 is 0. The maximum absolute atomic E-state index is 15.3. The molecule has 2 aromatic carbocycles. The van der Waals surface area contributed by atoms with Gasteiger partial charge in [0.15, 0.2) is 5.69 Å². The van der Waals surface area contributed by atoms with Crippen LogP contribution in [0.2, 0.25) is 0 Å². The third kappa shape index (κ3) is 9.23. The van der Waals surface area contributed by atoms with E-state index in [1.807, 2.05) is 21.9 Å². The molecule has 1 aromatic heterocycles. The molecule has 3 aromatic rings. The van der Waals surface area contributed by atoms with Crippen molar-refractivity contribution >= 4 is 58.1 Å². The van der Waals surface area contributed by atoms with Crippen molar-refractivity contribution in [2.24, 2.45) is 17.8 Å². The summed E-state index contributed by atoms with van der Waals surface area (Å²) in [7, 11) is 0. The number of alkyl halides is 3. The molecule has 19 heteroatoms. The molecular weight excluding hydrogens is 849 g/mol. The number of imide groups is 2. The van der Waals surface area contributed by atoms with Gasteiger partial charge < -0.3 is 29.8 Å². The molecule has 0 saturated carbocycles. The van der Waals surface area contributed by atoms with Crippen LogP contribution in [-0.4, -0.2) is 134 Å². The lowest BCUT2D eigenvalue weighted by molar-refractivity contribution is -0.137. The standard InChI is InChI=1S/C46H50F4N10O5/c1-51-37-4-2-31(20-35(37)46(48,49)50)57-14-10-30(11-15-57)42(62)53-40-6-3-32(23-52-40)58-12-8-28(9-13-58)24-55-16-18-56(19-17-55)25-29-26-59(27-29)39-22-34-33(21-36(39)47)44(64)60(45(34)65)38-5-7-41(61)54-43(38)63/h2-4,6,20-23,28-30,38H,5,7-19,24-27H2,(H,52,53,62)(H,54,61,63). The largest absolute Gasteiger partial charge is 0.407 e. The lowest BCUT2D eigenvalue weighted by Crippen LogP contribution is -2.55. The number of carbonyl (C=O) groups is 5. The summed E-state index contributed by atoms with van der Waals surface area (Å²) in [5.41, 5.74) is 0.292. The Morgan fingerprint density at radius 3 is 2.00 bits per heavy atom. The van der Waals surface area contributed by atoms with E-state index in [0.717, 1.165) is 87.9 Å². The first-order valence-corrected chi connectivity index (χ1v) is 22.3. The van der Waals surface area contributed by atoms with Crippen molar-refractivity contribution in [3.05, 3.63) is 82.6 Å². The molecule has 5 fully saturated rings. The highest BCUT2D eigenvalue weighted by atomic mass is 19.4. The minimum atomic E-state index is -4.62. The molecule has 342 valence electrons. The lowest BCUT2D eigenvalue weighted by Gasteiger charge is -2.45. The Kier molecular flexibility index (Phi) is 12.2. The van der Waals surface area contributed by atoms with Gasteiger partial charge in [0.05, 0.1) is 40.8 Å². The fourth-order valence-electron chi connectivity index (χ4n) is 10.2. The topological polar surface area (TPSA) is 146 Å². The van der Waals surface area contributed by atoms with Gasteiger partial charge >= 0.3 is 6.18 Å². The van der Waals surface area contributed by atoms with Crippen LogP contribution in [0, 0.1) is 30.1 Å². The molecule has 0 bridgehead atoms. The van der Waals surface area contributed by atoms with Crippen LogP contribution >= 0.6 is 0 Å². The summed E-state index contributed by atoms with van der Waals surface area (Å²) in [5, 5.41) is 5.09. The predicted octanol–water partition coefficient (Wildman–Crippen LogP) is 5.02. The van der Waals surface area contributed by atoms with E-state index in [1.54, 1.807) is 6.20 Å². The monoisotopic (exact) mass is 898 g/mol. The number of piperidine rings is 3. The second-order valence-electron chi connectivity index (χ2n) is 18.1. The highest BCUT2D eigenvalue weighted by molar-refractivity contribution is 6.23. The molecule has 5 amide bonds. The van der Waals surface area contributed by atoms with E-state index in [9.17, 15) is 37.1 Å². The van der Waals surface area contributed by atoms with Gasteiger partial charge in [0.1, 0.15) is 17.7 Å². The number of nitrogens with one attached hydrogen (secondary N) is 2. The number of fused-ring (bicyclic) bond motifs is 1. The van der Waals surface area contributed by atoms with Gasteiger partial charge in [-0.15, -0.1) is 0 Å². The number of aromatic nitrogens is 1. The van der Waals surface area contributed by atoms with Crippen molar-refractivity contribution in [2.45, 2.75) is 50.7 Å². The molecule has 0 radical (unpaired) electrons. The zero-order valence-electron chi connectivity index (χ0n) is 35.8. The van der Waals surface area contributed by atoms with Gasteiger partial charge in [0.25, 0.3) is 11.8 Å². The average molecular weight is 899 g/mol. The third-order valence-electron chi connectivity index (χ3n) is 13.9. The summed E-state index contributed by atoms with van der Waals surface area (Å²) in [6, 6.07) is 8.94. The number of hydrogen-bond acceptors (Lipinski definition) is 11. The van der Waals surface area contributed by atoms with Gasteiger partial charge in [0.2, 0.25) is 17.7 Å². The summed E-state index contributed by atoms with van der Waals surface area (Å²) in [6.45, 7) is 16.8. The summed E-state index contributed by atoms with van der Waals surface area (Å²) in [5.74, 6) is -2.19. The molecule has 1 atom stereocenters. The number of halogens is 4. The number of carbonyl (C=O) groups excluding carboxylic acids is 5. The number of hydrogen-bond donors (Lipinski definition) is 2. The van der Waals surface area contributed by atoms with Crippen molar-refractivity contribution in [1.82, 2.24) is 25.0 Å². The van der Waals surface area contributed by atoms with E-state index in [2.05, 4.69) is 35.2 Å². The summed E-state index contributed by atoms with van der Waals surface area (Å²) < 4.78 is 55.8. The highest BCUT2D eigenvalue weighted by Gasteiger charge is 2.46. The average Bonchev–Trinajstić information content (AvgIpc) is 3.52. The summed E-state index contributed by atoms with van der Waals surface area (Å²) in [4.78, 5) is 82.9. The number of pyridine rings is 1.